The number of hydrogen-bond donors (Lipinski definition) is 1. The summed E-state index contributed by atoms with van der Waals surface area (Å²) in [5, 5.41) is 4.20. The lowest BCUT2D eigenvalue weighted by atomic mass is 9.86. The van der Waals surface area contributed by atoms with Gasteiger partial charge in [-0.25, -0.2) is 0 Å². The molecule has 0 aromatic carbocycles. The van der Waals surface area contributed by atoms with Gasteiger partial charge in [0.15, 0.2) is 5.82 Å². The zero-order valence-electron chi connectivity index (χ0n) is 13.2. The normalized spacial score (nSPS) is 32.4. The summed E-state index contributed by atoms with van der Waals surface area (Å²) in [5.41, 5.74) is 5.96. The summed E-state index contributed by atoms with van der Waals surface area (Å²) in [6.07, 6.45) is 5.16. The van der Waals surface area contributed by atoms with Crippen LogP contribution in [0.5, 0.6) is 0 Å². The third kappa shape index (κ3) is 3.62. The highest BCUT2D eigenvalue weighted by Crippen LogP contribution is 2.31. The van der Waals surface area contributed by atoms with Crippen LogP contribution in [0.2, 0.25) is 0 Å². The molecule has 1 unspecified atom stereocenters. The van der Waals surface area contributed by atoms with Crippen LogP contribution in [0.4, 0.5) is 0 Å². The Morgan fingerprint density at radius 3 is 2.71 bits per heavy atom. The van der Waals surface area contributed by atoms with E-state index in [2.05, 4.69) is 34.0 Å². The van der Waals surface area contributed by atoms with Crippen molar-refractivity contribution in [3.05, 3.63) is 11.7 Å². The van der Waals surface area contributed by atoms with E-state index in [1.54, 1.807) is 0 Å². The fourth-order valence-electron chi connectivity index (χ4n) is 3.41. The molecule has 1 aromatic heterocycles. The highest BCUT2D eigenvalue weighted by molar-refractivity contribution is 4.99. The van der Waals surface area contributed by atoms with E-state index < -0.39 is 0 Å². The van der Waals surface area contributed by atoms with Crippen LogP contribution in [0.1, 0.15) is 43.3 Å². The molecule has 1 aliphatic heterocycles. The minimum absolute atomic E-state index is 0.357. The van der Waals surface area contributed by atoms with Crippen molar-refractivity contribution in [3.63, 3.8) is 0 Å². The van der Waals surface area contributed by atoms with E-state index in [0.717, 1.165) is 63.5 Å². The molecule has 3 rings (SSSR count). The summed E-state index contributed by atoms with van der Waals surface area (Å²) in [5.74, 6) is 2.09. The second kappa shape index (κ2) is 6.42. The van der Waals surface area contributed by atoms with Crippen LogP contribution < -0.4 is 5.73 Å². The van der Waals surface area contributed by atoms with Crippen LogP contribution in [0.25, 0.3) is 0 Å². The second-order valence-corrected chi connectivity index (χ2v) is 6.76. The standard InChI is InChI=1S/C15H27N5O/c1-19-7-8-20(2)13(10-19)9-14-17-15(21-18-14)11-3-5-12(16)6-4-11/h11-13H,3-10,16H2,1-2H3. The van der Waals surface area contributed by atoms with Gasteiger partial charge in [0, 0.05) is 44.1 Å². The van der Waals surface area contributed by atoms with Gasteiger partial charge in [-0.05, 0) is 39.8 Å². The third-order valence-corrected chi connectivity index (χ3v) is 5.00. The van der Waals surface area contributed by atoms with E-state index in [1.165, 1.54) is 0 Å². The van der Waals surface area contributed by atoms with Crippen LogP contribution in [-0.2, 0) is 6.42 Å². The summed E-state index contributed by atoms with van der Waals surface area (Å²) in [6.45, 7) is 3.30. The van der Waals surface area contributed by atoms with Gasteiger partial charge in [-0.3, -0.25) is 0 Å². The molecule has 2 fully saturated rings. The molecule has 2 heterocycles. The van der Waals surface area contributed by atoms with E-state index in [-0.39, 0.29) is 0 Å². The van der Waals surface area contributed by atoms with Crippen molar-refractivity contribution in [1.82, 2.24) is 19.9 Å². The Labute approximate surface area is 126 Å². The fourth-order valence-corrected chi connectivity index (χ4v) is 3.41. The van der Waals surface area contributed by atoms with Gasteiger partial charge in [0.1, 0.15) is 0 Å². The third-order valence-electron chi connectivity index (χ3n) is 5.00. The van der Waals surface area contributed by atoms with E-state index in [0.29, 0.717) is 18.0 Å². The molecule has 0 spiro atoms. The van der Waals surface area contributed by atoms with Gasteiger partial charge in [-0.2, -0.15) is 4.98 Å². The van der Waals surface area contributed by atoms with Gasteiger partial charge in [-0.1, -0.05) is 5.16 Å². The lowest BCUT2D eigenvalue weighted by Gasteiger charge is -2.37. The highest BCUT2D eigenvalue weighted by Gasteiger charge is 2.27. The minimum atomic E-state index is 0.357. The van der Waals surface area contributed by atoms with Gasteiger partial charge in [0.05, 0.1) is 0 Å². The maximum absolute atomic E-state index is 5.96. The largest absolute Gasteiger partial charge is 0.339 e. The molecule has 6 nitrogen and oxygen atoms in total. The van der Waals surface area contributed by atoms with E-state index >= 15 is 0 Å². The number of hydrogen-bond acceptors (Lipinski definition) is 6. The van der Waals surface area contributed by atoms with Crippen molar-refractivity contribution < 1.29 is 4.52 Å². The summed E-state index contributed by atoms with van der Waals surface area (Å²) in [7, 11) is 4.36. The molecule has 21 heavy (non-hydrogen) atoms. The first-order valence-corrected chi connectivity index (χ1v) is 8.08. The zero-order valence-corrected chi connectivity index (χ0v) is 13.2. The van der Waals surface area contributed by atoms with Gasteiger partial charge in [0.2, 0.25) is 5.89 Å². The van der Waals surface area contributed by atoms with Crippen LogP contribution in [0, 0.1) is 0 Å². The van der Waals surface area contributed by atoms with E-state index in [1.807, 2.05) is 0 Å². The summed E-state index contributed by atoms with van der Waals surface area (Å²) in [4.78, 5) is 9.42. The summed E-state index contributed by atoms with van der Waals surface area (Å²) >= 11 is 0. The number of aromatic nitrogens is 2. The van der Waals surface area contributed by atoms with Crippen molar-refractivity contribution >= 4 is 0 Å². The van der Waals surface area contributed by atoms with E-state index in [4.69, 9.17) is 10.3 Å². The molecule has 2 aliphatic rings. The molecule has 1 saturated carbocycles. The number of nitrogens with zero attached hydrogens (tertiary/aromatic N) is 4. The molecule has 1 aliphatic carbocycles. The predicted octanol–water partition coefficient (Wildman–Crippen LogP) is 0.843. The van der Waals surface area contributed by atoms with Crippen LogP contribution in [0.15, 0.2) is 4.52 Å². The monoisotopic (exact) mass is 293 g/mol. The molecule has 118 valence electrons. The van der Waals surface area contributed by atoms with Crippen molar-refractivity contribution in [2.45, 2.75) is 50.1 Å². The smallest absolute Gasteiger partial charge is 0.229 e. The van der Waals surface area contributed by atoms with Crippen molar-refractivity contribution in [2.24, 2.45) is 5.73 Å². The Morgan fingerprint density at radius 1 is 1.19 bits per heavy atom. The van der Waals surface area contributed by atoms with Crippen LogP contribution in [0.3, 0.4) is 0 Å². The Balaban J connectivity index is 1.59. The van der Waals surface area contributed by atoms with Gasteiger partial charge >= 0.3 is 0 Å². The lowest BCUT2D eigenvalue weighted by molar-refractivity contribution is 0.113. The molecule has 0 amide bonds. The first kappa shape index (κ1) is 14.9. The molecule has 0 radical (unpaired) electrons. The van der Waals surface area contributed by atoms with Crippen molar-refractivity contribution in [3.8, 4) is 0 Å². The number of likely N-dealkylation sites (N-methyl/N-ethyl adjacent to an activating group) is 2. The Hall–Kier alpha value is -0.980. The lowest BCUT2D eigenvalue weighted by Crippen LogP contribution is -2.50. The number of rotatable bonds is 3. The number of nitrogens with two attached hydrogens (primary N) is 1. The highest BCUT2D eigenvalue weighted by atomic mass is 16.5. The minimum Gasteiger partial charge on any atom is -0.339 e. The average molecular weight is 293 g/mol. The fraction of sp³-hybridized carbons (Fsp3) is 0.867. The molecular weight excluding hydrogens is 266 g/mol. The Bertz CT molecular complexity index is 455. The van der Waals surface area contributed by atoms with E-state index in [9.17, 15) is 0 Å². The van der Waals surface area contributed by atoms with Crippen LogP contribution in [-0.4, -0.2) is 65.8 Å². The van der Waals surface area contributed by atoms with Gasteiger partial charge < -0.3 is 20.1 Å². The van der Waals surface area contributed by atoms with Crippen molar-refractivity contribution in [2.75, 3.05) is 33.7 Å². The summed E-state index contributed by atoms with van der Waals surface area (Å²) < 4.78 is 5.51. The first-order valence-electron chi connectivity index (χ1n) is 8.08. The molecule has 1 aromatic rings. The van der Waals surface area contributed by atoms with Crippen LogP contribution >= 0.6 is 0 Å². The topological polar surface area (TPSA) is 71.4 Å². The SMILES string of the molecule is CN1CCN(C)C(Cc2noc(C3CCC(N)CC3)n2)C1. The summed E-state index contributed by atoms with van der Waals surface area (Å²) in [6, 6.07) is 0.837. The molecule has 2 N–H and O–H groups in total. The van der Waals surface area contributed by atoms with Gasteiger partial charge in [0.25, 0.3) is 0 Å². The molecule has 6 heteroatoms. The first-order chi connectivity index (χ1) is 10.1. The number of piperazine rings is 1. The Morgan fingerprint density at radius 2 is 1.95 bits per heavy atom. The van der Waals surface area contributed by atoms with Crippen molar-refractivity contribution in [1.29, 1.82) is 0 Å². The maximum atomic E-state index is 5.96. The average Bonchev–Trinajstić information content (AvgIpc) is 2.92. The molecular formula is C15H27N5O. The Kier molecular flexibility index (Phi) is 4.57. The second-order valence-electron chi connectivity index (χ2n) is 6.76. The van der Waals surface area contributed by atoms with Gasteiger partial charge in [-0.15, -0.1) is 0 Å². The molecule has 0 bridgehead atoms. The molecule has 1 atom stereocenters. The quantitative estimate of drug-likeness (QED) is 0.890. The zero-order chi connectivity index (χ0) is 14.8. The maximum Gasteiger partial charge on any atom is 0.229 e. The predicted molar refractivity (Wildman–Crippen MR) is 81.1 cm³/mol. The molecule has 1 saturated heterocycles.